The molecule has 11 heteroatoms. The Balaban J connectivity index is 2.09. The quantitative estimate of drug-likeness (QED) is 0.578. The highest BCUT2D eigenvalue weighted by Crippen LogP contribution is 2.13. The Hall–Kier alpha value is -3.63. The number of carboxylic acid groups (broad SMARTS) is 1. The lowest BCUT2D eigenvalue weighted by Gasteiger charge is -2.35. The highest BCUT2D eigenvalue weighted by molar-refractivity contribution is 5.99. The number of anilines is 1. The van der Waals surface area contributed by atoms with Crippen molar-refractivity contribution in [2.75, 3.05) is 31.5 Å². The van der Waals surface area contributed by atoms with Crippen LogP contribution in [0.25, 0.3) is 0 Å². The molecule has 0 aromatic heterocycles. The Kier molecular flexibility index (Phi) is 8.38. The Labute approximate surface area is 192 Å². The molecule has 0 radical (unpaired) electrons. The van der Waals surface area contributed by atoms with E-state index in [-0.39, 0.29) is 23.8 Å². The number of hydrogen-bond acceptors (Lipinski definition) is 6. The molecule has 1 atom stereocenters. The van der Waals surface area contributed by atoms with Crippen LogP contribution in [0.15, 0.2) is 24.3 Å². The number of rotatable bonds is 6. The number of nitrogens with one attached hydrogen (secondary N) is 2. The van der Waals surface area contributed by atoms with E-state index in [1.165, 1.54) is 36.1 Å². The largest absolute Gasteiger partial charge is 0.478 e. The normalized spacial score (nSPS) is 14.8. The summed E-state index contributed by atoms with van der Waals surface area (Å²) in [6.07, 6.45) is -1.16. The van der Waals surface area contributed by atoms with E-state index >= 15 is 0 Å². The van der Waals surface area contributed by atoms with Crippen LogP contribution in [-0.2, 0) is 19.1 Å². The van der Waals surface area contributed by atoms with E-state index in [1.54, 1.807) is 25.7 Å². The van der Waals surface area contributed by atoms with Crippen LogP contribution in [0.2, 0.25) is 0 Å². The molecule has 180 valence electrons. The Morgan fingerprint density at radius 1 is 1.00 bits per heavy atom. The summed E-state index contributed by atoms with van der Waals surface area (Å²) in [5, 5.41) is 14.0. The zero-order chi connectivity index (χ0) is 24.8. The lowest BCUT2D eigenvalue weighted by atomic mass is 10.1. The molecule has 2 rings (SSSR count). The average molecular weight is 463 g/mol. The van der Waals surface area contributed by atoms with Crippen LogP contribution in [-0.4, -0.2) is 82.5 Å². The first kappa shape index (κ1) is 25.6. The van der Waals surface area contributed by atoms with Crippen LogP contribution in [0.5, 0.6) is 0 Å². The molecule has 0 spiro atoms. The van der Waals surface area contributed by atoms with Crippen molar-refractivity contribution < 1.29 is 33.8 Å². The number of carboxylic acids is 1. The van der Waals surface area contributed by atoms with Crippen LogP contribution in [0.4, 0.5) is 10.5 Å². The zero-order valence-corrected chi connectivity index (χ0v) is 19.2. The number of piperazine rings is 1. The van der Waals surface area contributed by atoms with Gasteiger partial charge in [-0.2, -0.15) is 0 Å². The van der Waals surface area contributed by atoms with Crippen molar-refractivity contribution >= 4 is 35.5 Å². The van der Waals surface area contributed by atoms with E-state index in [4.69, 9.17) is 9.84 Å². The van der Waals surface area contributed by atoms with E-state index in [0.29, 0.717) is 31.9 Å². The third-order valence-electron chi connectivity index (χ3n) is 4.86. The number of carbonyl (C=O) groups excluding carboxylic acids is 4. The SMILES string of the molecule is CC(=O)N1CCN(C(=O)CC(NC(=O)OC(C)(C)C)C(=O)Nc2ccc(C(=O)O)cc2)CC1. The number of aromatic carboxylic acids is 1. The molecule has 1 aromatic rings. The van der Waals surface area contributed by atoms with Crippen molar-refractivity contribution in [2.24, 2.45) is 0 Å². The second-order valence-electron chi connectivity index (χ2n) is 8.66. The number of nitrogens with zero attached hydrogens (tertiary/aromatic N) is 2. The topological polar surface area (TPSA) is 145 Å². The van der Waals surface area contributed by atoms with Crippen molar-refractivity contribution in [3.05, 3.63) is 29.8 Å². The average Bonchev–Trinajstić information content (AvgIpc) is 2.72. The summed E-state index contributed by atoms with van der Waals surface area (Å²) in [4.78, 5) is 63.6. The fourth-order valence-corrected chi connectivity index (χ4v) is 3.16. The molecular formula is C22H30N4O7. The minimum absolute atomic E-state index is 0.0521. The second-order valence-corrected chi connectivity index (χ2v) is 8.66. The highest BCUT2D eigenvalue weighted by Gasteiger charge is 2.30. The van der Waals surface area contributed by atoms with Gasteiger partial charge in [0.2, 0.25) is 17.7 Å². The molecule has 1 aliphatic heterocycles. The lowest BCUT2D eigenvalue weighted by molar-refractivity contribution is -0.139. The lowest BCUT2D eigenvalue weighted by Crippen LogP contribution is -2.53. The molecule has 0 bridgehead atoms. The van der Waals surface area contributed by atoms with Crippen molar-refractivity contribution in [3.8, 4) is 0 Å². The van der Waals surface area contributed by atoms with Crippen LogP contribution < -0.4 is 10.6 Å². The summed E-state index contributed by atoms with van der Waals surface area (Å²) in [5.74, 6) is -2.18. The Bertz CT molecular complexity index is 900. The summed E-state index contributed by atoms with van der Waals surface area (Å²) in [7, 11) is 0. The standard InChI is InChI=1S/C22H30N4O7/c1-14(27)25-9-11-26(12-10-25)18(28)13-17(24-21(32)33-22(2,3)4)19(29)23-16-7-5-15(6-8-16)20(30)31/h5-8,17H,9-13H2,1-4H3,(H,23,29)(H,24,32)(H,30,31). The minimum atomic E-state index is -1.22. The van der Waals surface area contributed by atoms with E-state index in [9.17, 15) is 24.0 Å². The van der Waals surface area contributed by atoms with Gasteiger partial charge in [0.15, 0.2) is 0 Å². The van der Waals surface area contributed by atoms with Gasteiger partial charge in [-0.1, -0.05) is 0 Å². The van der Waals surface area contributed by atoms with Gasteiger partial charge in [-0.25, -0.2) is 9.59 Å². The molecule has 3 N–H and O–H groups in total. The van der Waals surface area contributed by atoms with Crippen LogP contribution in [0, 0.1) is 0 Å². The van der Waals surface area contributed by atoms with Gasteiger partial charge in [0.1, 0.15) is 11.6 Å². The smallest absolute Gasteiger partial charge is 0.408 e. The first-order chi connectivity index (χ1) is 15.4. The van der Waals surface area contributed by atoms with E-state index < -0.39 is 29.6 Å². The maximum absolute atomic E-state index is 12.9. The Morgan fingerprint density at radius 3 is 2.03 bits per heavy atom. The van der Waals surface area contributed by atoms with Crippen LogP contribution in [0.3, 0.4) is 0 Å². The first-order valence-corrected chi connectivity index (χ1v) is 10.5. The third-order valence-corrected chi connectivity index (χ3v) is 4.86. The molecule has 0 aliphatic carbocycles. The second kappa shape index (κ2) is 10.8. The predicted molar refractivity (Wildman–Crippen MR) is 119 cm³/mol. The Morgan fingerprint density at radius 2 is 1.55 bits per heavy atom. The summed E-state index contributed by atoms with van der Waals surface area (Å²) >= 11 is 0. The van der Waals surface area contributed by atoms with Gasteiger partial charge in [-0.15, -0.1) is 0 Å². The van der Waals surface area contributed by atoms with Gasteiger partial charge in [-0.3, -0.25) is 14.4 Å². The molecule has 1 aromatic carbocycles. The summed E-state index contributed by atoms with van der Waals surface area (Å²) < 4.78 is 5.21. The number of amides is 4. The van der Waals surface area contributed by atoms with Crippen molar-refractivity contribution in [3.63, 3.8) is 0 Å². The molecule has 1 fully saturated rings. The van der Waals surface area contributed by atoms with Crippen molar-refractivity contribution in [1.82, 2.24) is 15.1 Å². The van der Waals surface area contributed by atoms with Gasteiger partial charge in [0, 0.05) is 38.8 Å². The molecule has 4 amide bonds. The molecule has 0 saturated carbocycles. The number of benzene rings is 1. The van der Waals surface area contributed by atoms with Gasteiger partial charge in [0.05, 0.1) is 12.0 Å². The van der Waals surface area contributed by atoms with E-state index in [1.807, 2.05) is 0 Å². The monoisotopic (exact) mass is 462 g/mol. The molecular weight excluding hydrogens is 432 g/mol. The number of ether oxygens (including phenoxy) is 1. The predicted octanol–water partition coefficient (Wildman–Crippen LogP) is 1.30. The summed E-state index contributed by atoms with van der Waals surface area (Å²) in [6.45, 7) is 7.93. The summed E-state index contributed by atoms with van der Waals surface area (Å²) in [5.41, 5.74) is -0.440. The molecule has 1 aliphatic rings. The number of carbonyl (C=O) groups is 5. The maximum atomic E-state index is 12.9. The molecule has 1 unspecified atom stereocenters. The van der Waals surface area contributed by atoms with Gasteiger partial charge < -0.3 is 30.3 Å². The van der Waals surface area contributed by atoms with Gasteiger partial charge in [0.25, 0.3) is 0 Å². The molecule has 33 heavy (non-hydrogen) atoms. The van der Waals surface area contributed by atoms with Crippen LogP contribution in [0.1, 0.15) is 44.5 Å². The minimum Gasteiger partial charge on any atom is -0.478 e. The van der Waals surface area contributed by atoms with E-state index in [0.717, 1.165) is 0 Å². The van der Waals surface area contributed by atoms with E-state index in [2.05, 4.69) is 10.6 Å². The number of alkyl carbamates (subject to hydrolysis) is 1. The summed E-state index contributed by atoms with van der Waals surface area (Å²) in [6, 6.07) is 4.25. The van der Waals surface area contributed by atoms with Gasteiger partial charge in [-0.05, 0) is 45.0 Å². The fraction of sp³-hybridized carbons (Fsp3) is 0.500. The van der Waals surface area contributed by atoms with Crippen molar-refractivity contribution in [1.29, 1.82) is 0 Å². The highest BCUT2D eigenvalue weighted by atomic mass is 16.6. The van der Waals surface area contributed by atoms with Crippen molar-refractivity contribution in [2.45, 2.75) is 45.8 Å². The van der Waals surface area contributed by atoms with Gasteiger partial charge >= 0.3 is 12.1 Å². The fourth-order valence-electron chi connectivity index (χ4n) is 3.16. The van der Waals surface area contributed by atoms with Crippen LogP contribution >= 0.6 is 0 Å². The molecule has 1 saturated heterocycles. The first-order valence-electron chi connectivity index (χ1n) is 10.5. The molecule has 1 heterocycles. The third kappa shape index (κ3) is 8.09. The molecule has 11 nitrogen and oxygen atoms in total. The zero-order valence-electron chi connectivity index (χ0n) is 19.2. The maximum Gasteiger partial charge on any atom is 0.408 e. The number of hydrogen-bond donors (Lipinski definition) is 3.